The fraction of sp³-hybridized carbons (Fsp3) is 0.182. The van der Waals surface area contributed by atoms with E-state index in [1.165, 1.54) is 23.1 Å². The van der Waals surface area contributed by atoms with Gasteiger partial charge in [0.2, 0.25) is 0 Å². The maximum atomic E-state index is 12.5. The van der Waals surface area contributed by atoms with E-state index in [2.05, 4.69) is 41.5 Å². The van der Waals surface area contributed by atoms with Crippen LogP contribution in [0.1, 0.15) is 33.5 Å². The number of carbonyl (C=O) groups is 1. The zero-order valence-corrected chi connectivity index (χ0v) is 14.3. The Balaban J connectivity index is 1.49. The van der Waals surface area contributed by atoms with Crippen LogP contribution < -0.4 is 5.32 Å². The number of nitrogens with one attached hydrogen (secondary N) is 1. The van der Waals surface area contributed by atoms with Crippen molar-refractivity contribution in [2.75, 3.05) is 5.32 Å². The van der Waals surface area contributed by atoms with Gasteiger partial charge >= 0.3 is 0 Å². The summed E-state index contributed by atoms with van der Waals surface area (Å²) in [6, 6.07) is 18.1. The van der Waals surface area contributed by atoms with Crippen LogP contribution in [0, 0.1) is 6.92 Å². The molecule has 0 radical (unpaired) electrons. The topological polar surface area (TPSA) is 42.0 Å². The van der Waals surface area contributed by atoms with Gasteiger partial charge in [-0.05, 0) is 61.6 Å². The number of amides is 1. The predicted molar refractivity (Wildman–Crippen MR) is 101 cm³/mol. The molecule has 1 amide bonds. The van der Waals surface area contributed by atoms with Crippen molar-refractivity contribution in [2.45, 2.75) is 26.2 Å². The number of nitrogens with zero attached hydrogens (tertiary/aromatic N) is 1. The van der Waals surface area contributed by atoms with E-state index in [0.717, 1.165) is 29.8 Å². The van der Waals surface area contributed by atoms with Crippen LogP contribution in [0.5, 0.6) is 0 Å². The molecule has 0 fully saturated rings. The van der Waals surface area contributed by atoms with Crippen molar-refractivity contribution in [2.24, 2.45) is 0 Å². The minimum absolute atomic E-state index is 0.124. The first kappa shape index (κ1) is 15.6. The van der Waals surface area contributed by atoms with E-state index in [9.17, 15) is 4.79 Å². The number of hydrogen-bond acceptors (Lipinski definition) is 2. The largest absolute Gasteiger partial charge is 0.322 e. The van der Waals surface area contributed by atoms with Gasteiger partial charge in [-0.1, -0.05) is 35.9 Å². The Morgan fingerprint density at radius 1 is 0.960 bits per heavy atom. The molecule has 0 saturated carbocycles. The maximum absolute atomic E-state index is 12.5. The minimum atomic E-state index is -0.124. The third kappa shape index (κ3) is 3.31. The first-order chi connectivity index (χ1) is 12.2. The molecule has 0 saturated heterocycles. The lowest BCUT2D eigenvalue weighted by atomic mass is 10.1. The SMILES string of the molecule is Cc1ccc(-c2ccc(C(=O)Nc3ccc4c(c3)CCC4)cn2)cc1. The minimum Gasteiger partial charge on any atom is -0.322 e. The fourth-order valence-corrected chi connectivity index (χ4v) is 3.28. The Morgan fingerprint density at radius 2 is 1.76 bits per heavy atom. The molecule has 0 spiro atoms. The molecule has 1 aromatic heterocycles. The number of anilines is 1. The van der Waals surface area contributed by atoms with Gasteiger partial charge in [-0.3, -0.25) is 9.78 Å². The lowest BCUT2D eigenvalue weighted by Gasteiger charge is -2.08. The van der Waals surface area contributed by atoms with Gasteiger partial charge in [0.1, 0.15) is 0 Å². The Kier molecular flexibility index (Phi) is 4.06. The highest BCUT2D eigenvalue weighted by molar-refractivity contribution is 6.04. The van der Waals surface area contributed by atoms with Gasteiger partial charge in [0.25, 0.3) is 5.91 Å². The second kappa shape index (κ2) is 6.52. The van der Waals surface area contributed by atoms with Crippen molar-refractivity contribution in [3.05, 3.63) is 83.0 Å². The van der Waals surface area contributed by atoms with Crippen LogP contribution in [0.15, 0.2) is 60.8 Å². The summed E-state index contributed by atoms with van der Waals surface area (Å²) in [5.74, 6) is -0.124. The number of aryl methyl sites for hydroxylation is 3. The highest BCUT2D eigenvalue weighted by Crippen LogP contribution is 2.25. The molecule has 1 aliphatic carbocycles. The van der Waals surface area contributed by atoms with Crippen molar-refractivity contribution < 1.29 is 4.79 Å². The van der Waals surface area contributed by atoms with Gasteiger partial charge in [0.05, 0.1) is 11.3 Å². The second-order valence-corrected chi connectivity index (χ2v) is 6.59. The summed E-state index contributed by atoms with van der Waals surface area (Å²) in [4.78, 5) is 16.9. The highest BCUT2D eigenvalue weighted by Gasteiger charge is 2.13. The standard InChI is InChI=1S/C22H20N2O/c1-15-5-7-17(8-6-15)21-12-10-19(14-23-21)22(25)24-20-11-9-16-3-2-4-18(16)13-20/h5-14H,2-4H2,1H3,(H,24,25). The van der Waals surface area contributed by atoms with Crippen LogP contribution in [0.2, 0.25) is 0 Å². The van der Waals surface area contributed by atoms with E-state index in [0.29, 0.717) is 5.56 Å². The van der Waals surface area contributed by atoms with Crippen LogP contribution >= 0.6 is 0 Å². The molecule has 0 unspecified atom stereocenters. The number of pyridine rings is 1. The van der Waals surface area contributed by atoms with Gasteiger partial charge in [-0.25, -0.2) is 0 Å². The summed E-state index contributed by atoms with van der Waals surface area (Å²) in [6.45, 7) is 2.06. The summed E-state index contributed by atoms with van der Waals surface area (Å²) in [7, 11) is 0. The normalized spacial score (nSPS) is 12.7. The zero-order chi connectivity index (χ0) is 17.2. The molecule has 25 heavy (non-hydrogen) atoms. The first-order valence-corrected chi connectivity index (χ1v) is 8.65. The van der Waals surface area contributed by atoms with Gasteiger partial charge in [0.15, 0.2) is 0 Å². The average Bonchev–Trinajstić information content (AvgIpc) is 3.10. The van der Waals surface area contributed by atoms with Crippen molar-refractivity contribution in [1.82, 2.24) is 4.98 Å². The van der Waals surface area contributed by atoms with Crippen LogP contribution in [0.4, 0.5) is 5.69 Å². The molecule has 0 atom stereocenters. The Bertz CT molecular complexity index is 912. The fourth-order valence-electron chi connectivity index (χ4n) is 3.28. The molecule has 4 rings (SSSR count). The summed E-state index contributed by atoms with van der Waals surface area (Å²) in [6.07, 6.45) is 5.09. The molecular formula is C22H20N2O. The number of rotatable bonds is 3. The van der Waals surface area contributed by atoms with Gasteiger partial charge < -0.3 is 5.32 Å². The lowest BCUT2D eigenvalue weighted by molar-refractivity contribution is 0.102. The Labute approximate surface area is 147 Å². The van der Waals surface area contributed by atoms with Crippen LogP contribution in [-0.4, -0.2) is 10.9 Å². The summed E-state index contributed by atoms with van der Waals surface area (Å²) in [5.41, 5.74) is 7.32. The number of fused-ring (bicyclic) bond motifs is 1. The molecule has 2 aromatic carbocycles. The molecule has 0 bridgehead atoms. The van der Waals surface area contributed by atoms with Crippen molar-refractivity contribution in [3.63, 3.8) is 0 Å². The summed E-state index contributed by atoms with van der Waals surface area (Å²) in [5, 5.41) is 2.98. The quantitative estimate of drug-likeness (QED) is 0.750. The van der Waals surface area contributed by atoms with E-state index in [1.807, 2.05) is 30.3 Å². The number of aromatic nitrogens is 1. The van der Waals surface area contributed by atoms with E-state index in [1.54, 1.807) is 6.20 Å². The molecule has 3 heteroatoms. The monoisotopic (exact) mass is 328 g/mol. The van der Waals surface area contributed by atoms with E-state index in [-0.39, 0.29) is 5.91 Å². The average molecular weight is 328 g/mol. The number of carbonyl (C=O) groups excluding carboxylic acids is 1. The van der Waals surface area contributed by atoms with Crippen LogP contribution in [0.3, 0.4) is 0 Å². The number of benzene rings is 2. The third-order valence-electron chi connectivity index (χ3n) is 4.73. The molecule has 1 aliphatic rings. The maximum Gasteiger partial charge on any atom is 0.257 e. The third-order valence-corrected chi connectivity index (χ3v) is 4.73. The van der Waals surface area contributed by atoms with Gasteiger partial charge in [-0.2, -0.15) is 0 Å². The van der Waals surface area contributed by atoms with Crippen molar-refractivity contribution >= 4 is 11.6 Å². The molecule has 3 aromatic rings. The molecule has 0 aliphatic heterocycles. The molecule has 1 N–H and O–H groups in total. The number of hydrogen-bond donors (Lipinski definition) is 1. The van der Waals surface area contributed by atoms with E-state index >= 15 is 0 Å². The van der Waals surface area contributed by atoms with E-state index < -0.39 is 0 Å². The lowest BCUT2D eigenvalue weighted by Crippen LogP contribution is -2.12. The molecule has 124 valence electrons. The van der Waals surface area contributed by atoms with Crippen molar-refractivity contribution in [1.29, 1.82) is 0 Å². The van der Waals surface area contributed by atoms with Crippen LogP contribution in [-0.2, 0) is 12.8 Å². The molecule has 3 nitrogen and oxygen atoms in total. The van der Waals surface area contributed by atoms with Crippen molar-refractivity contribution in [3.8, 4) is 11.3 Å². The van der Waals surface area contributed by atoms with E-state index in [4.69, 9.17) is 0 Å². The van der Waals surface area contributed by atoms with Gasteiger partial charge in [-0.15, -0.1) is 0 Å². The smallest absolute Gasteiger partial charge is 0.257 e. The summed E-state index contributed by atoms with van der Waals surface area (Å²) >= 11 is 0. The Morgan fingerprint density at radius 3 is 2.52 bits per heavy atom. The Hall–Kier alpha value is -2.94. The van der Waals surface area contributed by atoms with Gasteiger partial charge in [0, 0.05) is 17.4 Å². The first-order valence-electron chi connectivity index (χ1n) is 8.65. The van der Waals surface area contributed by atoms with Crippen LogP contribution in [0.25, 0.3) is 11.3 Å². The zero-order valence-electron chi connectivity index (χ0n) is 14.3. The highest BCUT2D eigenvalue weighted by atomic mass is 16.1. The molecule has 1 heterocycles. The second-order valence-electron chi connectivity index (χ2n) is 6.59. The summed E-state index contributed by atoms with van der Waals surface area (Å²) < 4.78 is 0. The predicted octanol–water partition coefficient (Wildman–Crippen LogP) is 4.80. The molecular weight excluding hydrogens is 308 g/mol.